The number of carbonyl (C=O) groups excluding carboxylic acids is 1. The third-order valence-electron chi connectivity index (χ3n) is 6.84. The van der Waals surface area contributed by atoms with Gasteiger partial charge in [-0.3, -0.25) is 9.48 Å². The highest BCUT2D eigenvalue weighted by atomic mass is 35.5. The van der Waals surface area contributed by atoms with Gasteiger partial charge in [0.1, 0.15) is 17.7 Å². The van der Waals surface area contributed by atoms with Gasteiger partial charge in [-0.1, -0.05) is 11.6 Å². The van der Waals surface area contributed by atoms with Gasteiger partial charge in [0.15, 0.2) is 11.0 Å². The molecule has 0 bridgehead atoms. The van der Waals surface area contributed by atoms with Crippen LogP contribution in [-0.2, 0) is 14.3 Å². The molecule has 11 heteroatoms. The van der Waals surface area contributed by atoms with Crippen LogP contribution in [0.25, 0.3) is 0 Å². The number of aromatic nitrogens is 4. The number of rotatable bonds is 9. The molecular formula is C25H33ClN6O4. The van der Waals surface area contributed by atoms with Gasteiger partial charge in [0.05, 0.1) is 25.6 Å². The Hall–Kier alpha value is -2.85. The summed E-state index contributed by atoms with van der Waals surface area (Å²) in [6.45, 7) is 6.36. The van der Waals surface area contributed by atoms with Crippen molar-refractivity contribution in [3.63, 3.8) is 0 Å². The van der Waals surface area contributed by atoms with E-state index in [2.05, 4.69) is 25.9 Å². The van der Waals surface area contributed by atoms with Crippen LogP contribution in [0, 0.1) is 17.8 Å². The number of carbonyl (C=O) groups is 1. The largest absolute Gasteiger partial charge is 0.480 e. The Balaban J connectivity index is 1.35. The third kappa shape index (κ3) is 5.15. The Kier molecular flexibility index (Phi) is 6.59. The van der Waals surface area contributed by atoms with Crippen molar-refractivity contribution in [1.82, 2.24) is 25.3 Å². The monoisotopic (exact) mass is 516 g/mol. The summed E-state index contributed by atoms with van der Waals surface area (Å²) in [6, 6.07) is 0.950. The first-order chi connectivity index (χ1) is 17.2. The minimum atomic E-state index is -0.376. The summed E-state index contributed by atoms with van der Waals surface area (Å²) in [5.74, 6) is 2.32. The predicted octanol–water partition coefficient (Wildman–Crippen LogP) is 3.55. The maximum atomic E-state index is 13.5. The molecule has 2 N–H and O–H groups in total. The van der Waals surface area contributed by atoms with Crippen LogP contribution in [0.4, 0.5) is 5.69 Å². The molecule has 1 amide bonds. The Labute approximate surface area is 215 Å². The number of halogens is 1. The highest BCUT2D eigenvalue weighted by Crippen LogP contribution is 2.57. The topological polar surface area (TPSA) is 112 Å². The lowest BCUT2D eigenvalue weighted by Crippen LogP contribution is -2.50. The van der Waals surface area contributed by atoms with Crippen molar-refractivity contribution in [2.24, 2.45) is 17.8 Å². The van der Waals surface area contributed by atoms with Gasteiger partial charge < -0.3 is 24.8 Å². The fraction of sp³-hybridized carbons (Fsp3) is 0.600. The molecule has 2 fully saturated rings. The van der Waals surface area contributed by atoms with Crippen molar-refractivity contribution < 1.29 is 19.0 Å². The van der Waals surface area contributed by atoms with Crippen molar-refractivity contribution >= 4 is 23.2 Å². The number of hydrogen-bond acceptors (Lipinski definition) is 8. The Bertz CT molecular complexity index is 1170. The van der Waals surface area contributed by atoms with Crippen LogP contribution in [0.1, 0.15) is 51.6 Å². The second kappa shape index (κ2) is 9.55. The molecule has 10 nitrogen and oxygen atoms in total. The second-order valence-corrected chi connectivity index (χ2v) is 11.1. The zero-order chi connectivity index (χ0) is 25.6. The lowest BCUT2D eigenvalue weighted by atomic mass is 9.86. The number of anilines is 1. The summed E-state index contributed by atoms with van der Waals surface area (Å²) in [7, 11) is 3.12. The van der Waals surface area contributed by atoms with Crippen LogP contribution in [0.2, 0.25) is 5.15 Å². The van der Waals surface area contributed by atoms with E-state index in [4.69, 9.17) is 25.8 Å². The van der Waals surface area contributed by atoms with Crippen LogP contribution >= 0.6 is 11.6 Å². The van der Waals surface area contributed by atoms with Gasteiger partial charge >= 0.3 is 0 Å². The molecule has 2 aromatic rings. The van der Waals surface area contributed by atoms with Crippen LogP contribution in [0.5, 0.6) is 5.88 Å². The molecular weight excluding hydrogens is 484 g/mol. The summed E-state index contributed by atoms with van der Waals surface area (Å²) < 4.78 is 18.7. The second-order valence-electron chi connectivity index (χ2n) is 10.7. The average Bonchev–Trinajstić information content (AvgIpc) is 3.74. The number of nitrogens with zero attached hydrogens (tertiary/aromatic N) is 4. The number of methoxy groups -OCH3 is 2. The fourth-order valence-electron chi connectivity index (χ4n) is 5.12. The Morgan fingerprint density at radius 1 is 1.31 bits per heavy atom. The molecule has 0 radical (unpaired) electrons. The summed E-state index contributed by atoms with van der Waals surface area (Å²) in [6.07, 6.45) is 6.76. The van der Waals surface area contributed by atoms with E-state index >= 15 is 0 Å². The van der Waals surface area contributed by atoms with Crippen LogP contribution in [0.15, 0.2) is 29.9 Å². The van der Waals surface area contributed by atoms with Crippen LogP contribution in [-0.4, -0.2) is 58.4 Å². The Morgan fingerprint density at radius 3 is 2.75 bits per heavy atom. The lowest BCUT2D eigenvalue weighted by Gasteiger charge is -2.34. The van der Waals surface area contributed by atoms with Crippen molar-refractivity contribution in [1.29, 1.82) is 0 Å². The van der Waals surface area contributed by atoms with E-state index in [1.807, 2.05) is 20.8 Å². The van der Waals surface area contributed by atoms with Crippen molar-refractivity contribution in [2.75, 3.05) is 26.1 Å². The van der Waals surface area contributed by atoms with E-state index in [0.29, 0.717) is 35.6 Å². The zero-order valence-electron chi connectivity index (χ0n) is 21.2. The number of ether oxygens (including phenoxy) is 3. The summed E-state index contributed by atoms with van der Waals surface area (Å²) >= 11 is 6.10. The molecule has 3 aliphatic rings. The third-order valence-corrected chi connectivity index (χ3v) is 7.02. The first-order valence-corrected chi connectivity index (χ1v) is 12.7. The summed E-state index contributed by atoms with van der Waals surface area (Å²) in [4.78, 5) is 13.5. The van der Waals surface area contributed by atoms with Gasteiger partial charge in [-0.15, -0.1) is 10.2 Å². The predicted molar refractivity (Wildman–Crippen MR) is 134 cm³/mol. The first-order valence-electron chi connectivity index (χ1n) is 12.3. The number of nitrogens with one attached hydrogen (secondary N) is 2. The minimum absolute atomic E-state index is 0.0816. The van der Waals surface area contributed by atoms with E-state index < -0.39 is 0 Å². The molecule has 3 unspecified atom stereocenters. The van der Waals surface area contributed by atoms with Crippen molar-refractivity contribution in [2.45, 2.75) is 57.7 Å². The molecule has 194 valence electrons. The van der Waals surface area contributed by atoms with Crippen molar-refractivity contribution in [3.05, 3.63) is 40.6 Å². The van der Waals surface area contributed by atoms with Gasteiger partial charge in [0.2, 0.25) is 11.8 Å². The maximum absolute atomic E-state index is 13.5. The molecule has 2 aliphatic carbocycles. The molecule has 0 aromatic carbocycles. The molecule has 1 aliphatic heterocycles. The molecule has 36 heavy (non-hydrogen) atoms. The highest BCUT2D eigenvalue weighted by molar-refractivity contribution is 6.29. The van der Waals surface area contributed by atoms with Gasteiger partial charge in [0.25, 0.3) is 0 Å². The molecule has 0 saturated heterocycles. The smallest absolute Gasteiger partial charge is 0.247 e. The minimum Gasteiger partial charge on any atom is -0.480 e. The molecule has 5 rings (SSSR count). The van der Waals surface area contributed by atoms with Gasteiger partial charge in [-0.05, 0) is 69.4 Å². The summed E-state index contributed by atoms with van der Waals surface area (Å²) in [5, 5.41) is 19.1. The quantitative estimate of drug-likeness (QED) is 0.520. The Morgan fingerprint density at radius 2 is 2.08 bits per heavy atom. The molecule has 0 spiro atoms. The first kappa shape index (κ1) is 24.8. The average molecular weight is 517 g/mol. The molecule has 4 atom stereocenters. The van der Waals surface area contributed by atoms with Gasteiger partial charge in [-0.2, -0.15) is 5.10 Å². The van der Waals surface area contributed by atoms with Crippen LogP contribution < -0.4 is 15.4 Å². The maximum Gasteiger partial charge on any atom is 0.247 e. The normalized spacial score (nSPS) is 24.0. The number of amides is 1. The lowest BCUT2D eigenvalue weighted by molar-refractivity contribution is -0.120. The molecule has 2 aromatic heterocycles. The van der Waals surface area contributed by atoms with Gasteiger partial charge in [0, 0.05) is 18.9 Å². The summed E-state index contributed by atoms with van der Waals surface area (Å²) in [5.41, 5.74) is 2.26. The highest BCUT2D eigenvalue weighted by Gasteiger charge is 2.55. The van der Waals surface area contributed by atoms with E-state index in [1.54, 1.807) is 30.3 Å². The number of hydrogen-bond donors (Lipinski definition) is 2. The van der Waals surface area contributed by atoms with Gasteiger partial charge in [-0.25, -0.2) is 0 Å². The van der Waals surface area contributed by atoms with E-state index in [-0.39, 0.29) is 34.7 Å². The number of allylic oxidation sites excluding steroid dienone is 1. The zero-order valence-corrected chi connectivity index (χ0v) is 22.0. The van der Waals surface area contributed by atoms with E-state index in [0.717, 1.165) is 12.3 Å². The van der Waals surface area contributed by atoms with E-state index in [9.17, 15) is 4.79 Å². The molecule has 3 heterocycles. The number of fused-ring (bicyclic) bond motifs is 1. The van der Waals surface area contributed by atoms with Crippen LogP contribution in [0.3, 0.4) is 0 Å². The SMILES string of the molecule is COCC(c1cc(Cl)nnc1OC)n1cc(NC(=O)[C@H]2NC(OC(C)(C)C)=C3CC3C2C2CC2)cn1. The standard InChI is InChI=1S/C25H33ClN6O4/c1-25(2,3)36-23-16-8-15(16)20(13-6-7-13)21(29-23)22(33)28-14-10-27-32(11-14)18(12-34-4)17-9-19(26)30-31-24(17)35-5/h9-11,13,15,18,20-21,29H,6-8,12H2,1-5H3,(H,28,33)/t15?,18?,20?,21-/m0/s1. The van der Waals surface area contributed by atoms with Crippen molar-refractivity contribution in [3.8, 4) is 5.88 Å². The van der Waals surface area contributed by atoms with E-state index in [1.165, 1.54) is 25.5 Å². The molecule has 2 saturated carbocycles. The fourth-order valence-corrected chi connectivity index (χ4v) is 5.28.